The first kappa shape index (κ1) is 21.4. The zero-order chi connectivity index (χ0) is 10.6. The van der Waals surface area contributed by atoms with Crippen LogP contribution in [0.25, 0.3) is 0 Å². The summed E-state index contributed by atoms with van der Waals surface area (Å²) in [6.07, 6.45) is -7.84. The predicted molar refractivity (Wildman–Crippen MR) is 45.9 cm³/mol. The minimum atomic E-state index is -2.20. The minimum Gasteiger partial charge on any atom is 0 e. The van der Waals surface area contributed by atoms with Gasteiger partial charge in [0.2, 0.25) is 0 Å². The summed E-state index contributed by atoms with van der Waals surface area (Å²) in [5.74, 6) is -1.73. The zero-order valence-corrected chi connectivity index (χ0v) is 9.57. The topological polar surface area (TPSA) is 138 Å². The molecule has 0 bridgehead atoms. The molecule has 0 amide bonds. The maximum Gasteiger partial charge on any atom is 0 e. The molecule has 84 valence electrons. The first-order valence-corrected chi connectivity index (χ1v) is 3.47. The Morgan fingerprint density at radius 3 is 1.73 bits per heavy atom. The van der Waals surface area contributed by atoms with Crippen LogP contribution in [0.15, 0.2) is 0 Å². The molecule has 0 spiro atoms. The smallest absolute Gasteiger partial charge is 0 e. The molecule has 0 aliphatic carbocycles. The van der Waals surface area contributed by atoms with Crippen LogP contribution in [-0.2, 0) is 31.0 Å². The summed E-state index contributed by atoms with van der Waals surface area (Å²) in [7, 11) is 0. The molecule has 15 heavy (non-hydrogen) atoms. The van der Waals surface area contributed by atoms with Crippen molar-refractivity contribution in [1.29, 1.82) is 0 Å². The molecular formula is C6H13NaO7Zr. The Balaban J connectivity index is -0.000000720. The van der Waals surface area contributed by atoms with E-state index in [0.717, 1.165) is 0 Å². The maximum atomic E-state index is 10.1. The van der Waals surface area contributed by atoms with Gasteiger partial charge in [-0.25, -0.2) is 4.79 Å². The molecule has 0 saturated carbocycles. The number of rotatable bonds is 5. The summed E-state index contributed by atoms with van der Waals surface area (Å²) in [4.78, 5) is 10.1. The molecule has 0 rings (SSSR count). The van der Waals surface area contributed by atoms with Crippen LogP contribution in [0.4, 0.5) is 0 Å². The number of hydrogen-bond acceptors (Lipinski definition) is 6. The third kappa shape index (κ3) is 7.15. The van der Waals surface area contributed by atoms with E-state index in [2.05, 4.69) is 0 Å². The Hall–Kier alpha value is 1.15. The van der Waals surface area contributed by atoms with Crippen LogP contribution in [0.3, 0.4) is 0 Å². The van der Waals surface area contributed by atoms with Gasteiger partial charge in [0.05, 0.1) is 6.61 Å². The van der Waals surface area contributed by atoms with Gasteiger partial charge in [0.25, 0.3) is 0 Å². The molecule has 0 aromatic heterocycles. The number of carboxylic acid groups (broad SMARTS) is 1. The first-order chi connectivity index (χ1) is 5.91. The summed E-state index contributed by atoms with van der Waals surface area (Å²) in [6, 6.07) is 0. The summed E-state index contributed by atoms with van der Waals surface area (Å²) in [5, 5.41) is 51.8. The van der Waals surface area contributed by atoms with Gasteiger partial charge in [0.15, 0.2) is 6.10 Å². The van der Waals surface area contributed by atoms with E-state index >= 15 is 0 Å². The SMILES string of the molecule is O=C(O)[C@H](O)[C@@H](O)[C@H](O)[C@H](O)CO.[NaH].[Zr]. The van der Waals surface area contributed by atoms with Gasteiger partial charge in [0, 0.05) is 26.2 Å². The Morgan fingerprint density at radius 1 is 1.07 bits per heavy atom. The minimum absolute atomic E-state index is 0. The molecular weight excluding hydrogens is 298 g/mol. The molecule has 0 radical (unpaired) electrons. The van der Waals surface area contributed by atoms with Crippen molar-refractivity contribution >= 4 is 35.5 Å². The van der Waals surface area contributed by atoms with Crippen molar-refractivity contribution in [2.75, 3.05) is 6.61 Å². The van der Waals surface area contributed by atoms with E-state index in [1.54, 1.807) is 0 Å². The van der Waals surface area contributed by atoms with Crippen molar-refractivity contribution in [1.82, 2.24) is 0 Å². The molecule has 0 aliphatic heterocycles. The van der Waals surface area contributed by atoms with E-state index in [1.807, 2.05) is 0 Å². The van der Waals surface area contributed by atoms with Gasteiger partial charge < -0.3 is 30.6 Å². The van der Waals surface area contributed by atoms with E-state index in [-0.39, 0.29) is 55.8 Å². The molecule has 0 aromatic carbocycles. The van der Waals surface area contributed by atoms with Crippen LogP contribution < -0.4 is 0 Å². The van der Waals surface area contributed by atoms with E-state index in [1.165, 1.54) is 0 Å². The first-order valence-electron chi connectivity index (χ1n) is 3.47. The second-order valence-electron chi connectivity index (χ2n) is 2.51. The molecule has 0 unspecified atom stereocenters. The van der Waals surface area contributed by atoms with E-state index in [4.69, 9.17) is 30.6 Å². The van der Waals surface area contributed by atoms with Crippen molar-refractivity contribution in [3.63, 3.8) is 0 Å². The molecule has 6 N–H and O–H groups in total. The Kier molecular flexibility index (Phi) is 14.7. The third-order valence-corrected chi connectivity index (χ3v) is 1.51. The van der Waals surface area contributed by atoms with E-state index in [0.29, 0.717) is 0 Å². The molecule has 0 heterocycles. The number of carboxylic acids is 1. The molecule has 0 aromatic rings. The second kappa shape index (κ2) is 10.3. The number of aliphatic carboxylic acids is 1. The number of aliphatic hydroxyl groups is 5. The second-order valence-corrected chi connectivity index (χ2v) is 2.51. The van der Waals surface area contributed by atoms with Crippen LogP contribution in [0.5, 0.6) is 0 Å². The summed E-state index contributed by atoms with van der Waals surface area (Å²) >= 11 is 0. The van der Waals surface area contributed by atoms with Crippen LogP contribution in [0.2, 0.25) is 0 Å². The molecule has 0 aliphatic rings. The van der Waals surface area contributed by atoms with Crippen LogP contribution in [0, 0.1) is 0 Å². The Bertz CT molecular complexity index is 181. The van der Waals surface area contributed by atoms with Gasteiger partial charge >= 0.3 is 35.5 Å². The van der Waals surface area contributed by atoms with Crippen molar-refractivity contribution < 1.29 is 61.6 Å². The Labute approximate surface area is 127 Å². The van der Waals surface area contributed by atoms with E-state index in [9.17, 15) is 4.79 Å². The Morgan fingerprint density at radius 2 is 1.47 bits per heavy atom. The van der Waals surface area contributed by atoms with E-state index < -0.39 is 37.0 Å². The van der Waals surface area contributed by atoms with Gasteiger partial charge in [-0.2, -0.15) is 0 Å². The molecule has 0 saturated heterocycles. The van der Waals surface area contributed by atoms with Crippen molar-refractivity contribution in [3.05, 3.63) is 0 Å². The summed E-state index contributed by atoms with van der Waals surface area (Å²) < 4.78 is 0. The van der Waals surface area contributed by atoms with Gasteiger partial charge in [-0.1, -0.05) is 0 Å². The standard InChI is InChI=1S/C6H12O7.Na.Zr.H/c7-1-2(8)3(9)4(10)5(11)6(12)13;;;/h2-5,7-11H,1H2,(H,12,13);;;/t2-,3-,4+,5-;;;/m1.../s1. The molecule has 0 fully saturated rings. The van der Waals surface area contributed by atoms with Crippen molar-refractivity contribution in [3.8, 4) is 0 Å². The third-order valence-electron chi connectivity index (χ3n) is 1.51. The zero-order valence-electron chi connectivity index (χ0n) is 7.11. The summed E-state index contributed by atoms with van der Waals surface area (Å²) in [5.41, 5.74) is 0. The van der Waals surface area contributed by atoms with Gasteiger partial charge in [-0.05, 0) is 0 Å². The van der Waals surface area contributed by atoms with Crippen LogP contribution in [0.1, 0.15) is 0 Å². The number of aliphatic hydroxyl groups excluding tert-OH is 5. The van der Waals surface area contributed by atoms with Crippen LogP contribution >= 0.6 is 0 Å². The fourth-order valence-corrected chi connectivity index (χ4v) is 0.668. The quantitative estimate of drug-likeness (QED) is 0.283. The largest absolute Gasteiger partial charge is 0 e. The molecule has 7 nitrogen and oxygen atoms in total. The number of carbonyl (C=O) groups is 1. The summed E-state index contributed by atoms with van der Waals surface area (Å²) in [6.45, 7) is -0.843. The average molecular weight is 311 g/mol. The van der Waals surface area contributed by atoms with Gasteiger partial charge in [-0.3, -0.25) is 0 Å². The average Bonchev–Trinajstić information content (AvgIpc) is 2.12. The van der Waals surface area contributed by atoms with Crippen molar-refractivity contribution in [2.45, 2.75) is 24.4 Å². The van der Waals surface area contributed by atoms with Crippen LogP contribution in [-0.4, -0.2) is 97.2 Å². The predicted octanol–water partition coefficient (Wildman–Crippen LogP) is -4.14. The number of hydrogen-bond donors (Lipinski definition) is 6. The maximum absolute atomic E-state index is 10.1. The fourth-order valence-electron chi connectivity index (χ4n) is 0.668. The fraction of sp³-hybridized carbons (Fsp3) is 0.833. The molecule has 9 heteroatoms. The van der Waals surface area contributed by atoms with Gasteiger partial charge in [0.1, 0.15) is 18.3 Å². The van der Waals surface area contributed by atoms with Crippen molar-refractivity contribution in [2.24, 2.45) is 0 Å². The monoisotopic (exact) mass is 310 g/mol. The molecule has 4 atom stereocenters. The normalized spacial score (nSPS) is 17.7. The van der Waals surface area contributed by atoms with Gasteiger partial charge in [-0.15, -0.1) is 0 Å².